The first-order valence-electron chi connectivity index (χ1n) is 7.05. The second-order valence-electron chi connectivity index (χ2n) is 5.32. The number of amides is 1. The molecule has 1 aromatic heterocycles. The van der Waals surface area contributed by atoms with Crippen LogP contribution in [0.3, 0.4) is 0 Å². The Bertz CT molecular complexity index is 498. The molecule has 1 aliphatic rings. The van der Waals surface area contributed by atoms with Crippen LogP contribution in [0.25, 0.3) is 0 Å². The standard InChI is InChI=1S/C14H21N3O3/c1-3-7-17-9-10(8-15-17)13-11(14(19)20)5-4-6-12(18)16(13)2/h8-9,11,13H,3-7H2,1-2H3,(H,19,20). The van der Waals surface area contributed by atoms with Crippen LogP contribution in [0, 0.1) is 5.92 Å². The molecule has 110 valence electrons. The van der Waals surface area contributed by atoms with Gasteiger partial charge in [-0.1, -0.05) is 6.92 Å². The van der Waals surface area contributed by atoms with E-state index in [1.54, 1.807) is 22.8 Å². The van der Waals surface area contributed by atoms with E-state index >= 15 is 0 Å². The minimum atomic E-state index is -0.847. The molecule has 1 amide bonds. The van der Waals surface area contributed by atoms with Crippen molar-refractivity contribution in [2.24, 2.45) is 5.92 Å². The van der Waals surface area contributed by atoms with E-state index in [0.717, 1.165) is 18.5 Å². The molecule has 2 unspecified atom stereocenters. The lowest BCUT2D eigenvalue weighted by molar-refractivity contribution is -0.145. The third-order valence-corrected chi connectivity index (χ3v) is 3.86. The Labute approximate surface area is 118 Å². The van der Waals surface area contributed by atoms with Crippen molar-refractivity contribution >= 4 is 11.9 Å². The minimum absolute atomic E-state index is 0.00184. The summed E-state index contributed by atoms with van der Waals surface area (Å²) in [7, 11) is 1.69. The molecular weight excluding hydrogens is 258 g/mol. The van der Waals surface area contributed by atoms with Crippen LogP contribution in [0.2, 0.25) is 0 Å². The van der Waals surface area contributed by atoms with Crippen molar-refractivity contribution in [2.75, 3.05) is 7.05 Å². The highest BCUT2D eigenvalue weighted by Crippen LogP contribution is 2.34. The molecule has 0 spiro atoms. The van der Waals surface area contributed by atoms with Crippen molar-refractivity contribution in [3.8, 4) is 0 Å². The second kappa shape index (κ2) is 6.07. The lowest BCUT2D eigenvalue weighted by Crippen LogP contribution is -2.35. The Balaban J connectivity index is 2.33. The Morgan fingerprint density at radius 1 is 1.55 bits per heavy atom. The van der Waals surface area contributed by atoms with Gasteiger partial charge in [-0.2, -0.15) is 5.10 Å². The molecule has 1 saturated heterocycles. The number of aliphatic carboxylic acids is 1. The van der Waals surface area contributed by atoms with E-state index in [1.165, 1.54) is 0 Å². The Morgan fingerprint density at radius 2 is 2.30 bits per heavy atom. The number of aromatic nitrogens is 2. The van der Waals surface area contributed by atoms with E-state index in [9.17, 15) is 14.7 Å². The van der Waals surface area contributed by atoms with Gasteiger partial charge in [-0.3, -0.25) is 14.3 Å². The highest BCUT2D eigenvalue weighted by molar-refractivity contribution is 5.79. The molecule has 6 heteroatoms. The van der Waals surface area contributed by atoms with Gasteiger partial charge < -0.3 is 10.0 Å². The molecule has 6 nitrogen and oxygen atoms in total. The number of hydrogen-bond donors (Lipinski definition) is 1. The molecule has 2 atom stereocenters. The molecule has 1 N–H and O–H groups in total. The largest absolute Gasteiger partial charge is 0.481 e. The Morgan fingerprint density at radius 3 is 2.95 bits per heavy atom. The molecule has 1 fully saturated rings. The van der Waals surface area contributed by atoms with Crippen molar-refractivity contribution in [1.82, 2.24) is 14.7 Å². The third kappa shape index (κ3) is 2.84. The topological polar surface area (TPSA) is 75.4 Å². The lowest BCUT2D eigenvalue weighted by atomic mass is 9.91. The first-order chi connectivity index (χ1) is 9.54. The number of likely N-dealkylation sites (tertiary alicyclic amines) is 1. The van der Waals surface area contributed by atoms with Crippen LogP contribution in [-0.2, 0) is 16.1 Å². The number of aryl methyl sites for hydroxylation is 1. The van der Waals surface area contributed by atoms with Gasteiger partial charge in [0.2, 0.25) is 5.91 Å². The zero-order chi connectivity index (χ0) is 14.7. The second-order valence-corrected chi connectivity index (χ2v) is 5.32. The van der Waals surface area contributed by atoms with Gasteiger partial charge >= 0.3 is 5.97 Å². The van der Waals surface area contributed by atoms with Gasteiger partial charge in [0, 0.05) is 31.8 Å². The van der Waals surface area contributed by atoms with Crippen LogP contribution in [-0.4, -0.2) is 38.7 Å². The maximum absolute atomic E-state index is 12.0. The van der Waals surface area contributed by atoms with Crippen molar-refractivity contribution in [1.29, 1.82) is 0 Å². The van der Waals surface area contributed by atoms with Crippen LogP contribution >= 0.6 is 0 Å². The van der Waals surface area contributed by atoms with Gasteiger partial charge in [0.05, 0.1) is 18.2 Å². The molecular formula is C14H21N3O3. The number of hydrogen-bond acceptors (Lipinski definition) is 3. The predicted molar refractivity (Wildman–Crippen MR) is 73.0 cm³/mol. The summed E-state index contributed by atoms with van der Waals surface area (Å²) in [4.78, 5) is 25.1. The fourth-order valence-corrected chi connectivity index (χ4v) is 2.83. The number of nitrogens with zero attached hydrogens (tertiary/aromatic N) is 3. The zero-order valence-corrected chi connectivity index (χ0v) is 12.0. The van der Waals surface area contributed by atoms with Gasteiger partial charge in [-0.25, -0.2) is 0 Å². The van der Waals surface area contributed by atoms with E-state index in [4.69, 9.17) is 0 Å². The SMILES string of the molecule is CCCn1cc(C2C(C(=O)O)CCCC(=O)N2C)cn1. The van der Waals surface area contributed by atoms with Crippen molar-refractivity contribution in [2.45, 2.75) is 45.2 Å². The minimum Gasteiger partial charge on any atom is -0.481 e. The highest BCUT2D eigenvalue weighted by Gasteiger charge is 2.37. The van der Waals surface area contributed by atoms with Crippen LogP contribution in [0.1, 0.15) is 44.2 Å². The average molecular weight is 279 g/mol. The molecule has 1 aliphatic heterocycles. The fourth-order valence-electron chi connectivity index (χ4n) is 2.83. The number of carboxylic acid groups (broad SMARTS) is 1. The van der Waals surface area contributed by atoms with Gasteiger partial charge in [0.1, 0.15) is 0 Å². The van der Waals surface area contributed by atoms with Crippen LogP contribution in [0.15, 0.2) is 12.4 Å². The summed E-state index contributed by atoms with van der Waals surface area (Å²) >= 11 is 0. The lowest BCUT2D eigenvalue weighted by Gasteiger charge is -2.29. The smallest absolute Gasteiger partial charge is 0.308 e. The number of rotatable bonds is 4. The summed E-state index contributed by atoms with van der Waals surface area (Å²) in [6.07, 6.45) is 6.07. The number of carbonyl (C=O) groups is 2. The zero-order valence-electron chi connectivity index (χ0n) is 12.0. The Hall–Kier alpha value is -1.85. The summed E-state index contributed by atoms with van der Waals surface area (Å²) in [6.45, 7) is 2.85. The van der Waals surface area contributed by atoms with E-state index in [-0.39, 0.29) is 5.91 Å². The maximum Gasteiger partial charge on any atom is 0.308 e. The molecule has 0 radical (unpaired) electrons. The molecule has 2 heterocycles. The molecule has 2 rings (SSSR count). The maximum atomic E-state index is 12.0. The first-order valence-corrected chi connectivity index (χ1v) is 7.05. The molecule has 0 saturated carbocycles. The Kier molecular flexibility index (Phi) is 4.42. The summed E-state index contributed by atoms with van der Waals surface area (Å²) in [5, 5.41) is 13.7. The van der Waals surface area contributed by atoms with E-state index in [2.05, 4.69) is 12.0 Å². The number of carboxylic acids is 1. The van der Waals surface area contributed by atoms with E-state index in [0.29, 0.717) is 19.3 Å². The average Bonchev–Trinajstić information content (AvgIpc) is 2.79. The van der Waals surface area contributed by atoms with Gasteiger partial charge in [-0.05, 0) is 19.3 Å². The predicted octanol–water partition coefficient (Wildman–Crippen LogP) is 1.68. The van der Waals surface area contributed by atoms with Crippen LogP contribution in [0.5, 0.6) is 0 Å². The van der Waals surface area contributed by atoms with Crippen LogP contribution < -0.4 is 0 Å². The molecule has 0 bridgehead atoms. The summed E-state index contributed by atoms with van der Waals surface area (Å²) < 4.78 is 1.80. The molecule has 0 aliphatic carbocycles. The molecule has 0 aromatic carbocycles. The highest BCUT2D eigenvalue weighted by atomic mass is 16.4. The molecule has 20 heavy (non-hydrogen) atoms. The normalized spacial score (nSPS) is 23.7. The third-order valence-electron chi connectivity index (χ3n) is 3.86. The molecule has 1 aromatic rings. The fraction of sp³-hybridized carbons (Fsp3) is 0.643. The number of carbonyl (C=O) groups excluding carboxylic acids is 1. The van der Waals surface area contributed by atoms with E-state index < -0.39 is 17.9 Å². The summed E-state index contributed by atoms with van der Waals surface area (Å²) in [5.41, 5.74) is 0.809. The summed E-state index contributed by atoms with van der Waals surface area (Å²) in [5.74, 6) is -1.41. The van der Waals surface area contributed by atoms with Crippen molar-refractivity contribution < 1.29 is 14.7 Å². The van der Waals surface area contributed by atoms with Gasteiger partial charge in [0.25, 0.3) is 0 Å². The van der Waals surface area contributed by atoms with Gasteiger partial charge in [0.15, 0.2) is 0 Å². The van der Waals surface area contributed by atoms with Gasteiger partial charge in [-0.15, -0.1) is 0 Å². The van der Waals surface area contributed by atoms with Crippen molar-refractivity contribution in [3.63, 3.8) is 0 Å². The van der Waals surface area contributed by atoms with E-state index in [1.807, 2.05) is 6.20 Å². The van der Waals surface area contributed by atoms with Crippen LogP contribution in [0.4, 0.5) is 0 Å². The van der Waals surface area contributed by atoms with Crippen molar-refractivity contribution in [3.05, 3.63) is 18.0 Å². The first kappa shape index (κ1) is 14.6. The summed E-state index contributed by atoms with van der Waals surface area (Å²) in [6, 6.07) is -0.423. The monoisotopic (exact) mass is 279 g/mol. The quantitative estimate of drug-likeness (QED) is 0.909.